The summed E-state index contributed by atoms with van der Waals surface area (Å²) in [5, 5.41) is 0. The summed E-state index contributed by atoms with van der Waals surface area (Å²) < 4.78 is 6.65. The van der Waals surface area contributed by atoms with Crippen molar-refractivity contribution in [2.75, 3.05) is 6.61 Å². The van der Waals surface area contributed by atoms with Crippen molar-refractivity contribution in [2.45, 2.75) is 32.6 Å². The normalized spacial score (nSPS) is 16.1. The standard InChI is InChI=1S/C12H16BrNO/c1-9-11(13)5-6-12(14-9)15-8-7-10-3-2-4-10/h5-6,10H,2-4,7-8H2,1H3. The highest BCUT2D eigenvalue weighted by atomic mass is 79.9. The van der Waals surface area contributed by atoms with Crippen LogP contribution in [-0.4, -0.2) is 11.6 Å². The first-order chi connectivity index (χ1) is 7.25. The largest absolute Gasteiger partial charge is 0.478 e. The molecule has 0 saturated heterocycles. The summed E-state index contributed by atoms with van der Waals surface area (Å²) in [5.74, 6) is 1.65. The van der Waals surface area contributed by atoms with Gasteiger partial charge in [-0.3, -0.25) is 0 Å². The van der Waals surface area contributed by atoms with Gasteiger partial charge in [-0.05, 0) is 41.3 Å². The molecule has 0 amide bonds. The Morgan fingerprint density at radius 3 is 2.87 bits per heavy atom. The Morgan fingerprint density at radius 2 is 2.27 bits per heavy atom. The van der Waals surface area contributed by atoms with Gasteiger partial charge in [0.15, 0.2) is 0 Å². The Hall–Kier alpha value is -0.570. The summed E-state index contributed by atoms with van der Waals surface area (Å²) >= 11 is 3.42. The fourth-order valence-corrected chi connectivity index (χ4v) is 1.93. The zero-order valence-electron chi connectivity index (χ0n) is 9.00. The monoisotopic (exact) mass is 269 g/mol. The van der Waals surface area contributed by atoms with Crippen molar-refractivity contribution < 1.29 is 4.74 Å². The maximum absolute atomic E-state index is 5.62. The van der Waals surface area contributed by atoms with Crippen LogP contribution in [0.15, 0.2) is 16.6 Å². The van der Waals surface area contributed by atoms with Crippen molar-refractivity contribution in [3.05, 3.63) is 22.3 Å². The number of aryl methyl sites for hydroxylation is 1. The van der Waals surface area contributed by atoms with Crippen LogP contribution in [0.5, 0.6) is 5.88 Å². The number of rotatable bonds is 4. The average molecular weight is 270 g/mol. The fourth-order valence-electron chi connectivity index (χ4n) is 1.71. The Labute approximate surface area is 99.2 Å². The van der Waals surface area contributed by atoms with E-state index in [1.165, 1.54) is 25.7 Å². The molecule has 3 heteroatoms. The second-order valence-corrected chi connectivity index (χ2v) is 5.01. The molecule has 0 spiro atoms. The van der Waals surface area contributed by atoms with Crippen LogP contribution in [0.3, 0.4) is 0 Å². The minimum atomic E-state index is 0.745. The molecular formula is C12H16BrNO. The molecule has 0 N–H and O–H groups in total. The van der Waals surface area contributed by atoms with Crippen LogP contribution in [0.1, 0.15) is 31.4 Å². The average Bonchev–Trinajstić information content (AvgIpc) is 2.15. The first kappa shape index (κ1) is 10.9. The van der Waals surface area contributed by atoms with Gasteiger partial charge in [0.2, 0.25) is 5.88 Å². The second-order valence-electron chi connectivity index (χ2n) is 4.15. The van der Waals surface area contributed by atoms with Gasteiger partial charge in [-0.2, -0.15) is 0 Å². The lowest BCUT2D eigenvalue weighted by Gasteiger charge is -2.24. The van der Waals surface area contributed by atoms with Gasteiger partial charge >= 0.3 is 0 Å². The molecule has 0 unspecified atom stereocenters. The molecule has 2 rings (SSSR count). The van der Waals surface area contributed by atoms with Crippen LogP contribution in [0, 0.1) is 12.8 Å². The highest BCUT2D eigenvalue weighted by molar-refractivity contribution is 9.10. The lowest BCUT2D eigenvalue weighted by atomic mass is 9.83. The van der Waals surface area contributed by atoms with E-state index in [0.29, 0.717) is 0 Å². The molecule has 1 fully saturated rings. The lowest BCUT2D eigenvalue weighted by Crippen LogP contribution is -2.14. The van der Waals surface area contributed by atoms with E-state index in [1.54, 1.807) is 0 Å². The van der Waals surface area contributed by atoms with E-state index < -0.39 is 0 Å². The van der Waals surface area contributed by atoms with E-state index in [-0.39, 0.29) is 0 Å². The smallest absolute Gasteiger partial charge is 0.213 e. The van der Waals surface area contributed by atoms with Crippen LogP contribution < -0.4 is 4.74 Å². The summed E-state index contributed by atoms with van der Waals surface area (Å²) in [6.07, 6.45) is 5.35. The van der Waals surface area contributed by atoms with Gasteiger partial charge in [-0.15, -0.1) is 0 Å². The molecule has 0 bridgehead atoms. The van der Waals surface area contributed by atoms with E-state index in [9.17, 15) is 0 Å². The molecule has 0 aromatic carbocycles. The maximum Gasteiger partial charge on any atom is 0.213 e. The van der Waals surface area contributed by atoms with Crippen LogP contribution in [0.4, 0.5) is 0 Å². The van der Waals surface area contributed by atoms with Crippen LogP contribution in [0.2, 0.25) is 0 Å². The minimum absolute atomic E-state index is 0.745. The van der Waals surface area contributed by atoms with Gasteiger partial charge in [0.1, 0.15) is 0 Å². The van der Waals surface area contributed by atoms with Gasteiger partial charge in [0.25, 0.3) is 0 Å². The molecular weight excluding hydrogens is 254 g/mol. The predicted octanol–water partition coefficient (Wildman–Crippen LogP) is 3.72. The molecule has 1 aliphatic rings. The quantitative estimate of drug-likeness (QED) is 0.831. The maximum atomic E-state index is 5.62. The highest BCUT2D eigenvalue weighted by Crippen LogP contribution is 2.29. The van der Waals surface area contributed by atoms with Crippen molar-refractivity contribution in [1.29, 1.82) is 0 Å². The van der Waals surface area contributed by atoms with Crippen molar-refractivity contribution in [3.8, 4) is 5.88 Å². The molecule has 0 radical (unpaired) electrons. The molecule has 82 valence electrons. The van der Waals surface area contributed by atoms with Crippen molar-refractivity contribution in [2.24, 2.45) is 5.92 Å². The van der Waals surface area contributed by atoms with Gasteiger partial charge in [-0.25, -0.2) is 4.98 Å². The SMILES string of the molecule is Cc1nc(OCCC2CCC2)ccc1Br. The predicted molar refractivity (Wildman–Crippen MR) is 64.1 cm³/mol. The van der Waals surface area contributed by atoms with Crippen LogP contribution >= 0.6 is 15.9 Å². The van der Waals surface area contributed by atoms with E-state index in [2.05, 4.69) is 20.9 Å². The summed E-state index contributed by atoms with van der Waals surface area (Å²) in [5.41, 5.74) is 0.983. The van der Waals surface area contributed by atoms with Crippen molar-refractivity contribution >= 4 is 15.9 Å². The van der Waals surface area contributed by atoms with Crippen molar-refractivity contribution in [3.63, 3.8) is 0 Å². The summed E-state index contributed by atoms with van der Waals surface area (Å²) in [7, 11) is 0. The molecule has 2 nitrogen and oxygen atoms in total. The first-order valence-electron chi connectivity index (χ1n) is 5.51. The van der Waals surface area contributed by atoms with Crippen LogP contribution in [-0.2, 0) is 0 Å². The number of hydrogen-bond acceptors (Lipinski definition) is 2. The number of hydrogen-bond donors (Lipinski definition) is 0. The molecule has 1 aromatic rings. The van der Waals surface area contributed by atoms with Crippen LogP contribution in [0.25, 0.3) is 0 Å². The highest BCUT2D eigenvalue weighted by Gasteiger charge is 2.16. The zero-order chi connectivity index (χ0) is 10.7. The molecule has 0 atom stereocenters. The molecule has 1 heterocycles. The Bertz CT molecular complexity index is 336. The van der Waals surface area contributed by atoms with Gasteiger partial charge in [0.05, 0.1) is 12.3 Å². The molecule has 1 aliphatic carbocycles. The molecule has 1 aromatic heterocycles. The Balaban J connectivity index is 1.79. The third-order valence-electron chi connectivity index (χ3n) is 3.00. The summed E-state index contributed by atoms with van der Waals surface area (Å²) in [6, 6.07) is 3.90. The number of aromatic nitrogens is 1. The number of halogens is 1. The van der Waals surface area contributed by atoms with Gasteiger partial charge in [0, 0.05) is 10.5 Å². The molecule has 1 saturated carbocycles. The Morgan fingerprint density at radius 1 is 1.47 bits per heavy atom. The number of nitrogens with zero attached hydrogens (tertiary/aromatic N) is 1. The van der Waals surface area contributed by atoms with Gasteiger partial charge < -0.3 is 4.74 Å². The zero-order valence-corrected chi connectivity index (χ0v) is 10.6. The third-order valence-corrected chi connectivity index (χ3v) is 3.83. The minimum Gasteiger partial charge on any atom is -0.478 e. The van der Waals surface area contributed by atoms with E-state index in [0.717, 1.165) is 28.6 Å². The summed E-state index contributed by atoms with van der Waals surface area (Å²) in [4.78, 5) is 4.34. The summed E-state index contributed by atoms with van der Waals surface area (Å²) in [6.45, 7) is 2.78. The van der Waals surface area contributed by atoms with Gasteiger partial charge in [-0.1, -0.05) is 19.3 Å². The fraction of sp³-hybridized carbons (Fsp3) is 0.583. The van der Waals surface area contributed by atoms with E-state index >= 15 is 0 Å². The third kappa shape index (κ3) is 2.94. The Kier molecular flexibility index (Phi) is 3.62. The topological polar surface area (TPSA) is 22.1 Å². The number of ether oxygens (including phenoxy) is 1. The second kappa shape index (κ2) is 4.97. The van der Waals surface area contributed by atoms with E-state index in [4.69, 9.17) is 4.74 Å². The molecule has 0 aliphatic heterocycles. The lowest BCUT2D eigenvalue weighted by molar-refractivity contribution is 0.217. The first-order valence-corrected chi connectivity index (χ1v) is 6.31. The van der Waals surface area contributed by atoms with E-state index in [1.807, 2.05) is 19.1 Å². The number of pyridine rings is 1. The van der Waals surface area contributed by atoms with Crippen molar-refractivity contribution in [1.82, 2.24) is 4.98 Å². The molecule has 15 heavy (non-hydrogen) atoms.